The number of pyridine rings is 1. The van der Waals surface area contributed by atoms with Crippen LogP contribution in [0, 0.1) is 0 Å². The van der Waals surface area contributed by atoms with E-state index < -0.39 is 0 Å². The molecule has 0 amide bonds. The Morgan fingerprint density at radius 1 is 1.26 bits per heavy atom. The fourth-order valence-electron chi connectivity index (χ4n) is 2.42. The first-order chi connectivity index (χ1) is 9.22. The summed E-state index contributed by atoms with van der Waals surface area (Å²) in [6, 6.07) is 4.17. The van der Waals surface area contributed by atoms with Crippen LogP contribution in [0.2, 0.25) is 0 Å². The molecule has 3 heterocycles. The molecule has 0 radical (unpaired) electrons. The lowest BCUT2D eigenvalue weighted by Crippen LogP contribution is -2.36. The van der Waals surface area contributed by atoms with Crippen LogP contribution in [0.1, 0.15) is 12.8 Å². The predicted molar refractivity (Wildman–Crippen MR) is 75.9 cm³/mol. The highest BCUT2D eigenvalue weighted by atomic mass is 15.1. The maximum Gasteiger partial charge on any atom is 0.166 e. The van der Waals surface area contributed by atoms with Crippen molar-refractivity contribution in [1.29, 1.82) is 0 Å². The van der Waals surface area contributed by atoms with Crippen molar-refractivity contribution in [1.82, 2.24) is 19.9 Å². The maximum absolute atomic E-state index is 5.68. The minimum Gasteiger partial charge on any atom is -0.384 e. The molecule has 0 saturated carbocycles. The number of piperidine rings is 1. The van der Waals surface area contributed by atoms with Crippen molar-refractivity contribution in [3.8, 4) is 0 Å². The van der Waals surface area contributed by atoms with Gasteiger partial charge in [0.2, 0.25) is 0 Å². The number of fused-ring (bicyclic) bond motifs is 1. The van der Waals surface area contributed by atoms with Gasteiger partial charge < -0.3 is 16.0 Å². The lowest BCUT2D eigenvalue weighted by atomic mass is 10.1. The normalized spacial score (nSPS) is 17.7. The second-order valence-electron chi connectivity index (χ2n) is 5.05. The van der Waals surface area contributed by atoms with Crippen LogP contribution in [0.25, 0.3) is 11.0 Å². The minimum absolute atomic E-state index is 0.465. The molecule has 6 heteroatoms. The number of aromatic nitrogens is 3. The zero-order valence-electron chi connectivity index (χ0n) is 11.0. The van der Waals surface area contributed by atoms with Gasteiger partial charge >= 0.3 is 0 Å². The number of nitrogens with two attached hydrogens (primary N) is 1. The monoisotopic (exact) mass is 258 g/mol. The highest BCUT2D eigenvalue weighted by Gasteiger charge is 2.17. The van der Waals surface area contributed by atoms with E-state index in [0.29, 0.717) is 17.5 Å². The molecular formula is C13H18N6. The molecule has 6 nitrogen and oxygen atoms in total. The summed E-state index contributed by atoms with van der Waals surface area (Å²) in [6.07, 6.45) is 3.79. The Morgan fingerprint density at radius 2 is 2.05 bits per heavy atom. The fraction of sp³-hybridized carbons (Fsp3) is 0.462. The summed E-state index contributed by atoms with van der Waals surface area (Å²) in [4.78, 5) is 15.1. The van der Waals surface area contributed by atoms with Gasteiger partial charge in [-0.15, -0.1) is 0 Å². The fourth-order valence-corrected chi connectivity index (χ4v) is 2.42. The Morgan fingerprint density at radius 3 is 2.84 bits per heavy atom. The Hall–Kier alpha value is -1.95. The van der Waals surface area contributed by atoms with Gasteiger partial charge in [0.05, 0.1) is 5.39 Å². The number of nitrogen functional groups attached to an aromatic ring is 1. The van der Waals surface area contributed by atoms with Gasteiger partial charge in [-0.05, 0) is 45.1 Å². The molecule has 1 aliphatic rings. The predicted octanol–water partition coefficient (Wildman–Crippen LogP) is 1.11. The van der Waals surface area contributed by atoms with Crippen LogP contribution in [0.15, 0.2) is 18.5 Å². The topological polar surface area (TPSA) is 80.0 Å². The first kappa shape index (κ1) is 12.1. The van der Waals surface area contributed by atoms with Crippen molar-refractivity contribution in [2.45, 2.75) is 18.9 Å². The van der Waals surface area contributed by atoms with Crippen molar-refractivity contribution >= 4 is 22.7 Å². The van der Waals surface area contributed by atoms with Gasteiger partial charge in [0.1, 0.15) is 18.0 Å². The summed E-state index contributed by atoms with van der Waals surface area (Å²) in [6.45, 7) is 2.23. The van der Waals surface area contributed by atoms with E-state index in [2.05, 4.69) is 32.2 Å². The number of anilines is 2. The number of hydrogen-bond donors (Lipinski definition) is 2. The number of nitrogens with one attached hydrogen (secondary N) is 1. The number of hydrogen-bond acceptors (Lipinski definition) is 6. The smallest absolute Gasteiger partial charge is 0.166 e. The molecule has 0 bridgehead atoms. The summed E-state index contributed by atoms with van der Waals surface area (Å²) < 4.78 is 0. The Kier molecular flexibility index (Phi) is 3.16. The van der Waals surface area contributed by atoms with E-state index in [1.165, 1.54) is 6.33 Å². The van der Waals surface area contributed by atoms with Gasteiger partial charge in [-0.3, -0.25) is 0 Å². The lowest BCUT2D eigenvalue weighted by molar-refractivity contribution is 0.264. The summed E-state index contributed by atoms with van der Waals surface area (Å²) in [7, 11) is 2.16. The summed E-state index contributed by atoms with van der Waals surface area (Å²) in [5, 5.41) is 4.43. The molecule has 1 fully saturated rings. The molecule has 2 aromatic heterocycles. The molecule has 0 aliphatic carbocycles. The van der Waals surface area contributed by atoms with Crippen LogP contribution in [0.5, 0.6) is 0 Å². The summed E-state index contributed by atoms with van der Waals surface area (Å²) in [5.74, 6) is 1.34. The van der Waals surface area contributed by atoms with Crippen molar-refractivity contribution in [2.75, 3.05) is 31.2 Å². The first-order valence-corrected chi connectivity index (χ1v) is 6.55. The van der Waals surface area contributed by atoms with E-state index >= 15 is 0 Å². The minimum atomic E-state index is 0.465. The van der Waals surface area contributed by atoms with Gasteiger partial charge in [-0.25, -0.2) is 15.0 Å². The van der Waals surface area contributed by atoms with Crippen molar-refractivity contribution in [2.24, 2.45) is 0 Å². The average Bonchev–Trinajstić information content (AvgIpc) is 2.41. The van der Waals surface area contributed by atoms with E-state index in [1.54, 1.807) is 6.07 Å². The van der Waals surface area contributed by atoms with Crippen molar-refractivity contribution in [3.05, 3.63) is 18.5 Å². The molecule has 0 aromatic carbocycles. The van der Waals surface area contributed by atoms with Gasteiger partial charge in [0, 0.05) is 6.04 Å². The highest BCUT2D eigenvalue weighted by Crippen LogP contribution is 2.21. The van der Waals surface area contributed by atoms with Crippen molar-refractivity contribution < 1.29 is 0 Å². The third kappa shape index (κ3) is 2.58. The Bertz CT molecular complexity index is 576. The zero-order chi connectivity index (χ0) is 13.2. The number of nitrogens with zero attached hydrogens (tertiary/aromatic N) is 4. The molecule has 3 N–H and O–H groups in total. The van der Waals surface area contributed by atoms with Gasteiger partial charge in [-0.2, -0.15) is 0 Å². The summed E-state index contributed by atoms with van der Waals surface area (Å²) in [5.41, 5.74) is 6.32. The van der Waals surface area contributed by atoms with E-state index in [0.717, 1.165) is 37.1 Å². The van der Waals surface area contributed by atoms with Crippen LogP contribution in [0.4, 0.5) is 11.6 Å². The van der Waals surface area contributed by atoms with Crippen LogP contribution >= 0.6 is 0 Å². The van der Waals surface area contributed by atoms with E-state index in [4.69, 9.17) is 5.73 Å². The van der Waals surface area contributed by atoms with Crippen LogP contribution < -0.4 is 11.1 Å². The Balaban J connectivity index is 1.84. The van der Waals surface area contributed by atoms with E-state index in [1.807, 2.05) is 6.07 Å². The molecule has 1 saturated heterocycles. The largest absolute Gasteiger partial charge is 0.384 e. The third-order valence-electron chi connectivity index (χ3n) is 3.58. The maximum atomic E-state index is 5.68. The number of likely N-dealkylation sites (tertiary alicyclic amines) is 1. The molecule has 19 heavy (non-hydrogen) atoms. The number of rotatable bonds is 2. The van der Waals surface area contributed by atoms with Gasteiger partial charge in [0.25, 0.3) is 0 Å². The third-order valence-corrected chi connectivity index (χ3v) is 3.58. The molecule has 2 aromatic rings. The Labute approximate surface area is 112 Å². The lowest BCUT2D eigenvalue weighted by Gasteiger charge is -2.29. The highest BCUT2D eigenvalue weighted by molar-refractivity contribution is 5.87. The molecule has 0 atom stereocenters. The van der Waals surface area contributed by atoms with E-state index in [-0.39, 0.29) is 0 Å². The second kappa shape index (κ2) is 4.97. The van der Waals surface area contributed by atoms with Crippen LogP contribution in [0.3, 0.4) is 0 Å². The molecular weight excluding hydrogens is 240 g/mol. The zero-order valence-corrected chi connectivity index (χ0v) is 11.0. The SMILES string of the molecule is CN1CCC(Nc2ncnc3nc(N)ccc23)CC1. The molecule has 100 valence electrons. The quantitative estimate of drug-likeness (QED) is 0.840. The molecule has 1 aliphatic heterocycles. The molecule has 3 rings (SSSR count). The van der Waals surface area contributed by atoms with Gasteiger partial charge in [0.15, 0.2) is 5.65 Å². The van der Waals surface area contributed by atoms with Crippen LogP contribution in [-0.2, 0) is 0 Å². The first-order valence-electron chi connectivity index (χ1n) is 6.55. The summed E-state index contributed by atoms with van der Waals surface area (Å²) >= 11 is 0. The van der Waals surface area contributed by atoms with Gasteiger partial charge in [-0.1, -0.05) is 0 Å². The van der Waals surface area contributed by atoms with Crippen molar-refractivity contribution in [3.63, 3.8) is 0 Å². The molecule has 0 spiro atoms. The standard InChI is InChI=1S/C13H18N6/c1-19-6-4-9(5-7-19)17-12-10-2-3-11(14)18-13(10)16-8-15-12/h2-3,8-9H,4-7H2,1H3,(H3,14,15,16,17,18). The molecule has 0 unspecified atom stereocenters. The van der Waals surface area contributed by atoms with Crippen LogP contribution in [-0.4, -0.2) is 46.0 Å². The van der Waals surface area contributed by atoms with E-state index in [9.17, 15) is 0 Å². The second-order valence-corrected chi connectivity index (χ2v) is 5.05. The average molecular weight is 258 g/mol.